The van der Waals surface area contributed by atoms with E-state index in [1.807, 2.05) is 0 Å². The third-order valence-electron chi connectivity index (χ3n) is 12.3. The molecule has 0 atom stereocenters. The van der Waals surface area contributed by atoms with Gasteiger partial charge in [0.2, 0.25) is 0 Å². The van der Waals surface area contributed by atoms with Gasteiger partial charge in [0, 0.05) is 43.7 Å². The fourth-order valence-corrected chi connectivity index (χ4v) is 14.7. The smallest absolute Gasteiger partial charge is 0.184 e. The summed E-state index contributed by atoms with van der Waals surface area (Å²) < 4.78 is 11.8. The van der Waals surface area contributed by atoms with Gasteiger partial charge in [0.15, 0.2) is 8.07 Å². The summed E-state index contributed by atoms with van der Waals surface area (Å²) in [6, 6.07) is 80.1. The maximum absolute atomic E-state index is 6.89. The molecule has 0 aliphatic carbocycles. The van der Waals surface area contributed by atoms with Crippen molar-refractivity contribution in [3.63, 3.8) is 0 Å². The van der Waals surface area contributed by atoms with Gasteiger partial charge in [-0.25, -0.2) is 0 Å². The molecular formula is C54H36N2OSi. The SMILES string of the molecule is c1ccc([Si](c2ccccc2)(c2cccc(-n3c4ccccc4c4cc(-n5c6ccccc6c6ccccc65)ccc43)c2)c2cccc3c2oc2ccccc23)cc1. The lowest BCUT2D eigenvalue weighted by molar-refractivity contribution is 0.671. The first-order valence-electron chi connectivity index (χ1n) is 19.9. The first kappa shape index (κ1) is 32.8. The summed E-state index contributed by atoms with van der Waals surface area (Å²) in [4.78, 5) is 0. The van der Waals surface area contributed by atoms with E-state index in [2.05, 4.69) is 228 Å². The summed E-state index contributed by atoms with van der Waals surface area (Å²) in [7, 11) is -3.01. The molecule has 12 rings (SSSR count). The Morgan fingerprint density at radius 2 is 0.776 bits per heavy atom. The number of hydrogen-bond acceptors (Lipinski definition) is 1. The fourth-order valence-electron chi connectivity index (χ4n) is 9.84. The molecule has 0 bridgehead atoms. The van der Waals surface area contributed by atoms with Gasteiger partial charge in [-0.3, -0.25) is 0 Å². The van der Waals surface area contributed by atoms with Crippen molar-refractivity contribution in [1.82, 2.24) is 9.13 Å². The van der Waals surface area contributed by atoms with Gasteiger partial charge in [-0.1, -0.05) is 164 Å². The molecule has 272 valence electrons. The Morgan fingerprint density at radius 1 is 0.310 bits per heavy atom. The van der Waals surface area contributed by atoms with Gasteiger partial charge < -0.3 is 13.6 Å². The second-order valence-corrected chi connectivity index (χ2v) is 19.0. The lowest BCUT2D eigenvalue weighted by atomic mass is 10.1. The monoisotopic (exact) mass is 756 g/mol. The zero-order valence-corrected chi connectivity index (χ0v) is 32.6. The first-order valence-corrected chi connectivity index (χ1v) is 21.9. The molecule has 3 nitrogen and oxygen atoms in total. The van der Waals surface area contributed by atoms with Crippen molar-refractivity contribution in [2.75, 3.05) is 0 Å². The standard InChI is InChI=1S/C54H36N2OSi/c1-3-18-39(19-4-1)58(40-20-5-2-6-21-40,53-32-16-27-46-45-26-10-14-31-52(45)57-54(46)53)41-22-15-17-37(35-41)55-50-30-13-9-25-44(50)47-36-38(33-34-51(47)55)56-48-28-11-7-23-42(48)43-24-8-12-29-49(43)56/h1-36H. The van der Waals surface area contributed by atoms with Gasteiger partial charge >= 0.3 is 0 Å². The maximum Gasteiger partial charge on any atom is 0.184 e. The summed E-state index contributed by atoms with van der Waals surface area (Å²) in [6.45, 7) is 0. The average Bonchev–Trinajstić information content (AvgIpc) is 3.96. The van der Waals surface area contributed by atoms with Crippen LogP contribution in [0.15, 0.2) is 223 Å². The van der Waals surface area contributed by atoms with Crippen molar-refractivity contribution in [3.8, 4) is 11.4 Å². The molecule has 0 amide bonds. The number of fused-ring (bicyclic) bond motifs is 9. The molecule has 0 aliphatic rings. The Hall–Kier alpha value is -7.40. The summed E-state index contributed by atoms with van der Waals surface area (Å²) in [5, 5.41) is 12.4. The highest BCUT2D eigenvalue weighted by Gasteiger charge is 2.44. The second-order valence-electron chi connectivity index (χ2n) is 15.2. The fraction of sp³-hybridized carbons (Fsp3) is 0. The number of aromatic nitrogens is 2. The van der Waals surface area contributed by atoms with Crippen molar-refractivity contribution >= 4 is 94.4 Å². The van der Waals surface area contributed by atoms with E-state index < -0.39 is 8.07 Å². The van der Waals surface area contributed by atoms with Gasteiger partial charge in [0.1, 0.15) is 11.2 Å². The average molecular weight is 757 g/mol. The Morgan fingerprint density at radius 3 is 1.41 bits per heavy atom. The molecular weight excluding hydrogens is 721 g/mol. The van der Waals surface area contributed by atoms with Gasteiger partial charge in [0.05, 0.1) is 22.1 Å². The Kier molecular flexibility index (Phi) is 7.25. The van der Waals surface area contributed by atoms with E-state index in [1.54, 1.807) is 0 Å². The molecule has 3 heterocycles. The molecule has 0 unspecified atom stereocenters. The molecule has 0 saturated carbocycles. The van der Waals surface area contributed by atoms with Gasteiger partial charge in [-0.2, -0.15) is 0 Å². The summed E-state index contributed by atoms with van der Waals surface area (Å²) in [6.07, 6.45) is 0. The zero-order chi connectivity index (χ0) is 38.2. The molecule has 0 aliphatic heterocycles. The highest BCUT2D eigenvalue weighted by Crippen LogP contribution is 2.37. The molecule has 0 N–H and O–H groups in total. The van der Waals surface area contributed by atoms with Crippen molar-refractivity contribution in [3.05, 3.63) is 218 Å². The molecule has 12 aromatic rings. The van der Waals surface area contributed by atoms with Crippen LogP contribution in [0, 0.1) is 0 Å². The Balaban J connectivity index is 1.13. The highest BCUT2D eigenvalue weighted by atomic mass is 28.3. The van der Waals surface area contributed by atoms with E-state index in [9.17, 15) is 0 Å². The molecule has 0 saturated heterocycles. The lowest BCUT2D eigenvalue weighted by Crippen LogP contribution is -2.74. The van der Waals surface area contributed by atoms with Crippen LogP contribution in [0.25, 0.3) is 76.9 Å². The predicted molar refractivity (Wildman–Crippen MR) is 246 cm³/mol. The quantitative estimate of drug-likeness (QED) is 0.122. The summed E-state index contributed by atoms with van der Waals surface area (Å²) in [5.74, 6) is 0. The molecule has 3 aromatic heterocycles. The number of para-hydroxylation sites is 5. The molecule has 0 radical (unpaired) electrons. The number of benzene rings is 9. The first-order chi connectivity index (χ1) is 28.8. The van der Waals surface area contributed by atoms with Crippen LogP contribution in [-0.2, 0) is 0 Å². The second kappa shape index (κ2) is 12.8. The van der Waals surface area contributed by atoms with Crippen LogP contribution in [0.5, 0.6) is 0 Å². The number of nitrogens with zero attached hydrogens (tertiary/aromatic N) is 2. The van der Waals surface area contributed by atoms with Crippen molar-refractivity contribution < 1.29 is 4.42 Å². The van der Waals surface area contributed by atoms with E-state index in [0.717, 1.165) is 33.3 Å². The number of hydrogen-bond donors (Lipinski definition) is 0. The highest BCUT2D eigenvalue weighted by molar-refractivity contribution is 7.20. The van der Waals surface area contributed by atoms with E-state index >= 15 is 0 Å². The minimum Gasteiger partial charge on any atom is -0.456 e. The van der Waals surface area contributed by atoms with Crippen LogP contribution in [0.1, 0.15) is 0 Å². The van der Waals surface area contributed by atoms with Crippen LogP contribution >= 0.6 is 0 Å². The van der Waals surface area contributed by atoms with E-state index in [1.165, 1.54) is 64.4 Å². The van der Waals surface area contributed by atoms with Crippen molar-refractivity contribution in [2.45, 2.75) is 0 Å². The topological polar surface area (TPSA) is 23.0 Å². The van der Waals surface area contributed by atoms with E-state index in [4.69, 9.17) is 4.42 Å². The summed E-state index contributed by atoms with van der Waals surface area (Å²) >= 11 is 0. The van der Waals surface area contributed by atoms with Crippen LogP contribution in [0.2, 0.25) is 0 Å². The van der Waals surface area contributed by atoms with Crippen molar-refractivity contribution in [2.24, 2.45) is 0 Å². The van der Waals surface area contributed by atoms with Crippen LogP contribution < -0.4 is 20.7 Å². The maximum atomic E-state index is 6.89. The predicted octanol–water partition coefficient (Wildman–Crippen LogP) is 11.2. The lowest BCUT2D eigenvalue weighted by Gasteiger charge is -2.34. The van der Waals surface area contributed by atoms with Crippen LogP contribution in [0.4, 0.5) is 0 Å². The van der Waals surface area contributed by atoms with E-state index in [0.29, 0.717) is 0 Å². The minimum absolute atomic E-state index is 0.910. The number of furan rings is 1. The normalized spacial score (nSPS) is 12.1. The van der Waals surface area contributed by atoms with E-state index in [-0.39, 0.29) is 0 Å². The third kappa shape index (κ3) is 4.67. The van der Waals surface area contributed by atoms with Gasteiger partial charge in [-0.15, -0.1) is 0 Å². The van der Waals surface area contributed by atoms with Crippen LogP contribution in [-0.4, -0.2) is 17.2 Å². The minimum atomic E-state index is -3.01. The van der Waals surface area contributed by atoms with Crippen LogP contribution in [0.3, 0.4) is 0 Å². The Bertz CT molecular complexity index is 3430. The molecule has 58 heavy (non-hydrogen) atoms. The number of rotatable bonds is 6. The van der Waals surface area contributed by atoms with Gasteiger partial charge in [-0.05, 0) is 75.3 Å². The van der Waals surface area contributed by atoms with Gasteiger partial charge in [0.25, 0.3) is 0 Å². The van der Waals surface area contributed by atoms with Crippen molar-refractivity contribution in [1.29, 1.82) is 0 Å². The zero-order valence-electron chi connectivity index (χ0n) is 31.6. The Labute approximate surface area is 336 Å². The third-order valence-corrected chi connectivity index (χ3v) is 17.0. The molecule has 9 aromatic carbocycles. The molecule has 0 fully saturated rings. The largest absolute Gasteiger partial charge is 0.456 e. The molecule has 4 heteroatoms. The summed E-state index contributed by atoms with van der Waals surface area (Å²) in [5.41, 5.74) is 8.93. The molecule has 0 spiro atoms.